The number of aliphatic carboxylic acids is 1. The van der Waals surface area contributed by atoms with Crippen molar-refractivity contribution in [2.75, 3.05) is 6.79 Å². The van der Waals surface area contributed by atoms with Crippen molar-refractivity contribution in [2.24, 2.45) is 0 Å². The molecule has 5 heteroatoms. The first-order valence-electron chi connectivity index (χ1n) is 8.86. The number of rotatable bonds is 3. The fourth-order valence-electron chi connectivity index (χ4n) is 4.05. The second-order valence-electron chi connectivity index (χ2n) is 6.75. The summed E-state index contributed by atoms with van der Waals surface area (Å²) in [5.74, 6) is -0.112. The summed E-state index contributed by atoms with van der Waals surface area (Å²) in [5, 5.41) is 22.0. The quantitative estimate of drug-likeness (QED) is 0.735. The Morgan fingerprint density at radius 1 is 0.893 bits per heavy atom. The van der Waals surface area contributed by atoms with Crippen LogP contribution in [0.25, 0.3) is 5.57 Å². The van der Waals surface area contributed by atoms with Crippen LogP contribution in [-0.2, 0) is 10.4 Å². The lowest BCUT2D eigenvalue weighted by Crippen LogP contribution is -2.31. The van der Waals surface area contributed by atoms with Gasteiger partial charge in [0, 0.05) is 11.1 Å². The van der Waals surface area contributed by atoms with E-state index < -0.39 is 11.6 Å². The molecule has 2 N–H and O–H groups in total. The molecule has 0 aromatic heterocycles. The average Bonchev–Trinajstić information content (AvgIpc) is 3.29. The van der Waals surface area contributed by atoms with Gasteiger partial charge in [0.2, 0.25) is 6.79 Å². The number of benzene rings is 3. The van der Waals surface area contributed by atoms with E-state index in [0.29, 0.717) is 33.8 Å². The highest BCUT2D eigenvalue weighted by Crippen LogP contribution is 2.52. The van der Waals surface area contributed by atoms with Gasteiger partial charge in [0.1, 0.15) is 5.60 Å². The highest BCUT2D eigenvalue weighted by Gasteiger charge is 2.49. The molecule has 0 radical (unpaired) electrons. The van der Waals surface area contributed by atoms with Crippen molar-refractivity contribution >= 4 is 11.5 Å². The van der Waals surface area contributed by atoms with Crippen LogP contribution in [0.5, 0.6) is 11.5 Å². The summed E-state index contributed by atoms with van der Waals surface area (Å²) in [6, 6.07) is 21.5. The van der Waals surface area contributed by atoms with Gasteiger partial charge in [-0.2, -0.15) is 0 Å². The van der Waals surface area contributed by atoms with Crippen LogP contribution in [0.15, 0.2) is 78.4 Å². The number of hydrogen-bond acceptors (Lipinski definition) is 4. The predicted octanol–water partition coefficient (Wildman–Crippen LogP) is 3.55. The van der Waals surface area contributed by atoms with E-state index in [-0.39, 0.29) is 12.4 Å². The number of fused-ring (bicyclic) bond motifs is 2. The third-order valence-corrected chi connectivity index (χ3v) is 5.26. The summed E-state index contributed by atoms with van der Waals surface area (Å²) in [6.45, 7) is 0.102. The Labute approximate surface area is 161 Å². The average molecular weight is 372 g/mol. The second-order valence-corrected chi connectivity index (χ2v) is 6.75. The molecule has 5 rings (SSSR count). The van der Waals surface area contributed by atoms with E-state index in [2.05, 4.69) is 0 Å². The Bertz CT molecular complexity index is 1130. The summed E-state index contributed by atoms with van der Waals surface area (Å²) in [7, 11) is 0. The number of carboxylic acid groups (broad SMARTS) is 1. The number of hydrogen-bond donors (Lipinski definition) is 2. The largest absolute Gasteiger partial charge is 0.478 e. The topological polar surface area (TPSA) is 76.0 Å². The minimum atomic E-state index is -1.81. The van der Waals surface area contributed by atoms with Gasteiger partial charge >= 0.3 is 5.97 Å². The van der Waals surface area contributed by atoms with Crippen LogP contribution in [0.1, 0.15) is 22.3 Å². The molecule has 5 nitrogen and oxygen atoms in total. The molecule has 2 aliphatic rings. The van der Waals surface area contributed by atoms with Gasteiger partial charge in [0.15, 0.2) is 11.5 Å². The second kappa shape index (κ2) is 5.97. The molecule has 138 valence electrons. The summed E-state index contributed by atoms with van der Waals surface area (Å²) >= 11 is 0. The first-order chi connectivity index (χ1) is 13.6. The molecule has 1 aliphatic heterocycles. The fourth-order valence-corrected chi connectivity index (χ4v) is 4.05. The molecule has 0 bridgehead atoms. The maximum absolute atomic E-state index is 12.4. The lowest BCUT2D eigenvalue weighted by Gasteiger charge is -2.27. The van der Waals surface area contributed by atoms with E-state index in [1.807, 2.05) is 42.5 Å². The molecule has 0 spiro atoms. The highest BCUT2D eigenvalue weighted by atomic mass is 16.7. The molecular formula is C23H16O5. The Morgan fingerprint density at radius 2 is 1.61 bits per heavy atom. The van der Waals surface area contributed by atoms with Crippen molar-refractivity contribution in [3.05, 3.63) is 101 Å². The zero-order chi connectivity index (χ0) is 19.3. The summed E-state index contributed by atoms with van der Waals surface area (Å²) < 4.78 is 10.8. The van der Waals surface area contributed by atoms with Crippen LogP contribution in [0.2, 0.25) is 0 Å². The zero-order valence-electron chi connectivity index (χ0n) is 14.8. The predicted molar refractivity (Wildman–Crippen MR) is 102 cm³/mol. The van der Waals surface area contributed by atoms with E-state index in [4.69, 9.17) is 9.47 Å². The molecule has 0 fully saturated rings. The zero-order valence-corrected chi connectivity index (χ0v) is 14.8. The van der Waals surface area contributed by atoms with Crippen molar-refractivity contribution in [2.45, 2.75) is 5.60 Å². The number of ether oxygens (including phenoxy) is 2. The third kappa shape index (κ3) is 2.20. The Kier molecular flexibility index (Phi) is 3.54. The molecule has 28 heavy (non-hydrogen) atoms. The third-order valence-electron chi connectivity index (χ3n) is 5.26. The molecule has 3 aromatic rings. The van der Waals surface area contributed by atoms with Crippen LogP contribution < -0.4 is 9.47 Å². The standard InChI is InChI=1S/C23H16O5/c24-22(25)21-20(14-6-2-1-3-7-14)16-8-4-5-9-17(16)23(21,26)15-10-11-18-19(12-15)28-13-27-18/h1-12,26H,13H2,(H,24,25). The molecule has 1 unspecified atom stereocenters. The van der Waals surface area contributed by atoms with Gasteiger partial charge in [-0.05, 0) is 28.8 Å². The van der Waals surface area contributed by atoms with Gasteiger partial charge in [0.05, 0.1) is 5.57 Å². The summed E-state index contributed by atoms with van der Waals surface area (Å²) in [5.41, 5.74) is 1.03. The van der Waals surface area contributed by atoms with Gasteiger partial charge in [-0.1, -0.05) is 60.7 Å². The van der Waals surface area contributed by atoms with Crippen molar-refractivity contribution in [1.82, 2.24) is 0 Å². The molecule has 3 aromatic carbocycles. The fraction of sp³-hybridized carbons (Fsp3) is 0.0870. The normalized spacial score (nSPS) is 19.6. The van der Waals surface area contributed by atoms with E-state index in [9.17, 15) is 15.0 Å². The Balaban J connectivity index is 1.83. The van der Waals surface area contributed by atoms with Crippen LogP contribution in [0.4, 0.5) is 0 Å². The van der Waals surface area contributed by atoms with E-state index in [1.165, 1.54) is 0 Å². The number of carbonyl (C=O) groups is 1. The molecule has 0 amide bonds. The first-order valence-corrected chi connectivity index (χ1v) is 8.86. The van der Waals surface area contributed by atoms with Gasteiger partial charge in [-0.15, -0.1) is 0 Å². The molecular weight excluding hydrogens is 356 g/mol. The summed E-state index contributed by atoms with van der Waals surface area (Å²) in [6.07, 6.45) is 0. The van der Waals surface area contributed by atoms with Crippen molar-refractivity contribution in [3.63, 3.8) is 0 Å². The lowest BCUT2D eigenvalue weighted by molar-refractivity contribution is -0.134. The minimum absolute atomic E-state index is 0.0706. The van der Waals surface area contributed by atoms with Crippen molar-refractivity contribution in [3.8, 4) is 11.5 Å². The van der Waals surface area contributed by atoms with Crippen LogP contribution in [-0.4, -0.2) is 23.0 Å². The molecule has 1 heterocycles. The van der Waals surface area contributed by atoms with Gasteiger partial charge in [0.25, 0.3) is 0 Å². The number of aliphatic hydroxyl groups is 1. The smallest absolute Gasteiger partial charge is 0.335 e. The first kappa shape index (κ1) is 16.6. The molecule has 1 atom stereocenters. The molecule has 0 saturated heterocycles. The van der Waals surface area contributed by atoms with Gasteiger partial charge in [-0.25, -0.2) is 4.79 Å². The van der Waals surface area contributed by atoms with Crippen LogP contribution >= 0.6 is 0 Å². The van der Waals surface area contributed by atoms with E-state index in [1.54, 1.807) is 30.3 Å². The van der Waals surface area contributed by atoms with Gasteiger partial charge < -0.3 is 19.7 Å². The molecule has 0 saturated carbocycles. The highest BCUT2D eigenvalue weighted by molar-refractivity contribution is 6.07. The maximum Gasteiger partial charge on any atom is 0.335 e. The monoisotopic (exact) mass is 372 g/mol. The Morgan fingerprint density at radius 3 is 2.39 bits per heavy atom. The van der Waals surface area contributed by atoms with Gasteiger partial charge in [-0.3, -0.25) is 0 Å². The van der Waals surface area contributed by atoms with E-state index in [0.717, 1.165) is 5.56 Å². The minimum Gasteiger partial charge on any atom is -0.478 e. The van der Waals surface area contributed by atoms with Crippen LogP contribution in [0, 0.1) is 0 Å². The maximum atomic E-state index is 12.4. The van der Waals surface area contributed by atoms with Crippen molar-refractivity contribution in [1.29, 1.82) is 0 Å². The molecule has 1 aliphatic carbocycles. The number of carboxylic acids is 1. The van der Waals surface area contributed by atoms with Crippen molar-refractivity contribution < 1.29 is 24.5 Å². The lowest BCUT2D eigenvalue weighted by atomic mass is 9.83. The SMILES string of the molecule is O=C(O)C1=C(c2ccccc2)c2ccccc2C1(O)c1ccc2c(c1)OCO2. The van der Waals surface area contributed by atoms with E-state index >= 15 is 0 Å². The van der Waals surface area contributed by atoms with Crippen LogP contribution in [0.3, 0.4) is 0 Å². The summed E-state index contributed by atoms with van der Waals surface area (Å²) in [4.78, 5) is 12.4. The Hall–Kier alpha value is -3.57.